The van der Waals surface area contributed by atoms with Crippen LogP contribution in [0.15, 0.2) is 71.5 Å². The molecule has 0 bridgehead atoms. The molecular weight excluding hydrogens is 518 g/mol. The van der Waals surface area contributed by atoms with Gasteiger partial charge < -0.3 is 4.90 Å². The van der Waals surface area contributed by atoms with Crippen LogP contribution in [0.25, 0.3) is 0 Å². The Kier molecular flexibility index (Phi) is 7.45. The molecule has 34 heavy (non-hydrogen) atoms. The zero-order valence-corrected chi connectivity index (χ0v) is 21.1. The van der Waals surface area contributed by atoms with Gasteiger partial charge in [-0.2, -0.15) is 4.31 Å². The summed E-state index contributed by atoms with van der Waals surface area (Å²) in [6.45, 7) is 3.57. The van der Waals surface area contributed by atoms with Gasteiger partial charge in [0.2, 0.25) is 15.9 Å². The lowest BCUT2D eigenvalue weighted by Gasteiger charge is -2.37. The molecule has 0 radical (unpaired) electrons. The molecule has 1 amide bonds. The summed E-state index contributed by atoms with van der Waals surface area (Å²) in [7, 11) is -4.05. The van der Waals surface area contributed by atoms with E-state index in [0.29, 0.717) is 23.0 Å². The number of amides is 1. The number of hydrogen-bond donors (Lipinski definition) is 0. The Bertz CT molecular complexity index is 1330. The van der Waals surface area contributed by atoms with Gasteiger partial charge in [-0.05, 0) is 65.4 Å². The van der Waals surface area contributed by atoms with Crippen molar-refractivity contribution in [3.05, 3.63) is 98.4 Å². The molecule has 5 nitrogen and oxygen atoms in total. The Hall–Kier alpha value is -2.23. The minimum absolute atomic E-state index is 0.0740. The first-order valence-electron chi connectivity index (χ1n) is 10.4. The number of carbonyl (C=O) groups is 1. The van der Waals surface area contributed by atoms with Gasteiger partial charge in [-0.15, -0.1) is 17.9 Å². The zero-order valence-electron chi connectivity index (χ0n) is 18.0. The first kappa shape index (κ1) is 24.9. The molecule has 178 valence electrons. The molecule has 0 fully saturated rings. The maximum absolute atomic E-state index is 13.6. The molecule has 4 rings (SSSR count). The fraction of sp³-hybridized carbons (Fsp3) is 0.208. The van der Waals surface area contributed by atoms with Gasteiger partial charge >= 0.3 is 0 Å². The van der Waals surface area contributed by atoms with Crippen molar-refractivity contribution in [1.82, 2.24) is 9.21 Å². The van der Waals surface area contributed by atoms with Gasteiger partial charge in [0.15, 0.2) is 0 Å². The van der Waals surface area contributed by atoms with Crippen molar-refractivity contribution in [3.63, 3.8) is 0 Å². The van der Waals surface area contributed by atoms with Crippen LogP contribution in [0.1, 0.15) is 22.0 Å². The van der Waals surface area contributed by atoms with E-state index in [9.17, 15) is 17.6 Å². The highest BCUT2D eigenvalue weighted by Gasteiger charge is 2.36. The number of thiophene rings is 1. The van der Waals surface area contributed by atoms with Crippen molar-refractivity contribution in [2.45, 2.75) is 17.4 Å². The predicted molar refractivity (Wildman–Crippen MR) is 133 cm³/mol. The Morgan fingerprint density at radius 1 is 1.18 bits per heavy atom. The normalized spacial score (nSPS) is 15.9. The monoisotopic (exact) mass is 538 g/mol. The summed E-state index contributed by atoms with van der Waals surface area (Å²) in [6, 6.07) is 11.1. The highest BCUT2D eigenvalue weighted by Crippen LogP contribution is 2.41. The maximum atomic E-state index is 13.6. The van der Waals surface area contributed by atoms with Crippen LogP contribution in [0, 0.1) is 5.82 Å². The number of nitrogens with zero attached hydrogens (tertiary/aromatic N) is 2. The average molecular weight is 539 g/mol. The van der Waals surface area contributed by atoms with Gasteiger partial charge in [-0.25, -0.2) is 12.8 Å². The second-order valence-corrected chi connectivity index (χ2v) is 11.5. The van der Waals surface area contributed by atoms with E-state index >= 15 is 0 Å². The average Bonchev–Trinajstić information content (AvgIpc) is 3.28. The number of benzene rings is 2. The molecule has 0 N–H and O–H groups in total. The van der Waals surface area contributed by atoms with Crippen molar-refractivity contribution >= 4 is 50.5 Å². The molecule has 0 spiro atoms. The first-order chi connectivity index (χ1) is 16.2. The molecule has 10 heteroatoms. The summed E-state index contributed by atoms with van der Waals surface area (Å²) < 4.78 is 40.8. The number of rotatable bonds is 7. The van der Waals surface area contributed by atoms with Crippen LogP contribution in [-0.2, 0) is 21.2 Å². The van der Waals surface area contributed by atoms with Crippen LogP contribution in [0.5, 0.6) is 0 Å². The Morgan fingerprint density at radius 3 is 2.59 bits per heavy atom. The van der Waals surface area contributed by atoms with E-state index in [4.69, 9.17) is 23.2 Å². The summed E-state index contributed by atoms with van der Waals surface area (Å²) in [5.74, 6) is -0.923. The van der Waals surface area contributed by atoms with Gasteiger partial charge in [0.05, 0.1) is 17.5 Å². The van der Waals surface area contributed by atoms with Crippen molar-refractivity contribution < 1.29 is 17.6 Å². The third kappa shape index (κ3) is 4.92. The number of sulfonamides is 1. The number of hydrogen-bond acceptors (Lipinski definition) is 4. The fourth-order valence-corrected chi connectivity index (χ4v) is 6.81. The van der Waals surface area contributed by atoms with Gasteiger partial charge in [0, 0.05) is 28.0 Å². The summed E-state index contributed by atoms with van der Waals surface area (Å²) in [6.07, 6.45) is 2.07. The van der Waals surface area contributed by atoms with Crippen LogP contribution in [-0.4, -0.2) is 43.2 Å². The standard InChI is InChI=1S/C24H21Cl2FN2O3S2/c1-2-11-28(34(31,32)18-6-4-17(27)5-7-18)15-23(30)29-12-9-22-20(10-13-33-22)24(29)19-8-3-16(25)14-21(19)26/h2-8,10,13-14,24H,1,9,11-12,15H2. The van der Waals surface area contributed by atoms with E-state index in [2.05, 4.69) is 6.58 Å². The molecule has 0 saturated carbocycles. The minimum atomic E-state index is -4.05. The molecule has 0 aliphatic carbocycles. The second kappa shape index (κ2) is 10.2. The smallest absolute Gasteiger partial charge is 0.243 e. The third-order valence-electron chi connectivity index (χ3n) is 5.64. The number of carbonyl (C=O) groups excluding carboxylic acids is 1. The highest BCUT2D eigenvalue weighted by molar-refractivity contribution is 7.89. The van der Waals surface area contributed by atoms with Gasteiger partial charge in [-0.3, -0.25) is 4.79 Å². The largest absolute Gasteiger partial charge is 0.330 e. The molecule has 1 aromatic heterocycles. The Balaban J connectivity index is 1.68. The molecule has 2 aromatic carbocycles. The molecular formula is C24H21Cl2FN2O3S2. The number of fused-ring (bicyclic) bond motifs is 1. The van der Waals surface area contributed by atoms with Crippen molar-refractivity contribution in [3.8, 4) is 0 Å². The summed E-state index contributed by atoms with van der Waals surface area (Å²) in [5, 5.41) is 2.88. The molecule has 0 saturated heterocycles. The quantitative estimate of drug-likeness (QED) is 0.371. The van der Waals surface area contributed by atoms with Gasteiger partial charge in [0.25, 0.3) is 0 Å². The molecule has 1 aliphatic heterocycles. The lowest BCUT2D eigenvalue weighted by Crippen LogP contribution is -2.46. The van der Waals surface area contributed by atoms with E-state index in [1.165, 1.54) is 18.2 Å². The maximum Gasteiger partial charge on any atom is 0.243 e. The first-order valence-corrected chi connectivity index (χ1v) is 13.5. The molecule has 3 aromatic rings. The minimum Gasteiger partial charge on any atom is -0.330 e. The predicted octanol–water partition coefficient (Wildman–Crippen LogP) is 5.55. The van der Waals surface area contributed by atoms with E-state index in [1.54, 1.807) is 34.4 Å². The van der Waals surface area contributed by atoms with E-state index in [0.717, 1.165) is 32.4 Å². The van der Waals surface area contributed by atoms with E-state index in [-0.39, 0.29) is 17.3 Å². The highest BCUT2D eigenvalue weighted by atomic mass is 35.5. The number of halogens is 3. The van der Waals surface area contributed by atoms with Crippen LogP contribution < -0.4 is 0 Å². The topological polar surface area (TPSA) is 57.7 Å². The van der Waals surface area contributed by atoms with Crippen molar-refractivity contribution in [1.29, 1.82) is 0 Å². The summed E-state index contributed by atoms with van der Waals surface area (Å²) in [4.78, 5) is 16.3. The van der Waals surface area contributed by atoms with Crippen LogP contribution in [0.4, 0.5) is 4.39 Å². The Morgan fingerprint density at radius 2 is 1.91 bits per heavy atom. The van der Waals surface area contributed by atoms with Crippen molar-refractivity contribution in [2.24, 2.45) is 0 Å². The van der Waals surface area contributed by atoms with Crippen LogP contribution >= 0.6 is 34.5 Å². The fourth-order valence-electron chi connectivity index (χ4n) is 4.03. The van der Waals surface area contributed by atoms with Gasteiger partial charge in [-0.1, -0.05) is 35.3 Å². The Labute approximate surface area is 212 Å². The molecule has 1 atom stereocenters. The van der Waals surface area contributed by atoms with Crippen molar-refractivity contribution in [2.75, 3.05) is 19.6 Å². The van der Waals surface area contributed by atoms with Crippen LogP contribution in [0.2, 0.25) is 10.0 Å². The third-order valence-corrected chi connectivity index (χ3v) is 9.02. The van der Waals surface area contributed by atoms with Crippen LogP contribution in [0.3, 0.4) is 0 Å². The summed E-state index contributed by atoms with van der Waals surface area (Å²) >= 11 is 14.2. The second-order valence-electron chi connectivity index (χ2n) is 7.74. The van der Waals surface area contributed by atoms with Gasteiger partial charge in [0.1, 0.15) is 5.82 Å². The lowest BCUT2D eigenvalue weighted by atomic mass is 9.93. The van der Waals surface area contributed by atoms with E-state index in [1.807, 2.05) is 11.4 Å². The lowest BCUT2D eigenvalue weighted by molar-refractivity contribution is -0.133. The summed E-state index contributed by atoms with van der Waals surface area (Å²) in [5.41, 5.74) is 1.68. The van der Waals surface area contributed by atoms with E-state index < -0.39 is 28.4 Å². The zero-order chi connectivity index (χ0) is 24.5. The molecule has 1 unspecified atom stereocenters. The SMILES string of the molecule is C=CCN(CC(=O)N1CCc2sccc2C1c1ccc(Cl)cc1Cl)S(=O)(=O)c1ccc(F)cc1. The molecule has 2 heterocycles. The molecule has 1 aliphatic rings.